The summed E-state index contributed by atoms with van der Waals surface area (Å²) >= 11 is 0. The highest BCUT2D eigenvalue weighted by Crippen LogP contribution is 2.26. The van der Waals surface area contributed by atoms with Gasteiger partial charge in [-0.15, -0.1) is 0 Å². The highest BCUT2D eigenvalue weighted by atomic mass is 16.1. The smallest absolute Gasteiger partial charge is 0.255 e. The number of anilines is 3. The number of pyridine rings is 1. The van der Waals surface area contributed by atoms with Crippen LogP contribution in [0.3, 0.4) is 0 Å². The Bertz CT molecular complexity index is 874. The minimum atomic E-state index is -0.199. The summed E-state index contributed by atoms with van der Waals surface area (Å²) in [7, 11) is 3.91. The van der Waals surface area contributed by atoms with Gasteiger partial charge >= 0.3 is 0 Å². The minimum Gasteiger partial charge on any atom is -0.397 e. The van der Waals surface area contributed by atoms with Gasteiger partial charge in [-0.3, -0.25) is 9.78 Å². The van der Waals surface area contributed by atoms with E-state index in [0.717, 1.165) is 16.9 Å². The van der Waals surface area contributed by atoms with Crippen LogP contribution in [0, 0.1) is 0 Å². The van der Waals surface area contributed by atoms with Gasteiger partial charge < -0.3 is 16.0 Å². The van der Waals surface area contributed by atoms with Gasteiger partial charge in [0, 0.05) is 37.1 Å². The predicted molar refractivity (Wildman–Crippen MR) is 103 cm³/mol. The Kier molecular flexibility index (Phi) is 4.66. The molecule has 1 amide bonds. The van der Waals surface area contributed by atoms with Gasteiger partial charge in [-0.1, -0.05) is 12.1 Å². The van der Waals surface area contributed by atoms with Crippen molar-refractivity contribution in [2.24, 2.45) is 0 Å². The molecule has 126 valence electrons. The van der Waals surface area contributed by atoms with E-state index in [1.165, 1.54) is 0 Å². The van der Waals surface area contributed by atoms with Crippen molar-refractivity contribution in [2.75, 3.05) is 30.0 Å². The molecule has 2 aromatic carbocycles. The average Bonchev–Trinajstić information content (AvgIpc) is 2.64. The summed E-state index contributed by atoms with van der Waals surface area (Å²) in [5, 5.41) is 2.88. The van der Waals surface area contributed by atoms with Crippen LogP contribution >= 0.6 is 0 Å². The molecule has 0 saturated carbocycles. The van der Waals surface area contributed by atoms with Gasteiger partial charge in [0.2, 0.25) is 0 Å². The van der Waals surface area contributed by atoms with Gasteiger partial charge in [0.15, 0.2) is 0 Å². The Labute approximate surface area is 147 Å². The zero-order chi connectivity index (χ0) is 17.8. The Hall–Kier alpha value is -3.34. The van der Waals surface area contributed by atoms with Crippen molar-refractivity contribution in [1.29, 1.82) is 0 Å². The van der Waals surface area contributed by atoms with Gasteiger partial charge in [-0.25, -0.2) is 0 Å². The maximum Gasteiger partial charge on any atom is 0.255 e. The monoisotopic (exact) mass is 332 g/mol. The molecule has 3 rings (SSSR count). The number of hydrogen-bond donors (Lipinski definition) is 2. The van der Waals surface area contributed by atoms with Crippen molar-refractivity contribution in [1.82, 2.24) is 4.98 Å². The topological polar surface area (TPSA) is 71.2 Å². The second-order valence-electron chi connectivity index (χ2n) is 5.91. The molecule has 0 fully saturated rings. The molecule has 1 heterocycles. The van der Waals surface area contributed by atoms with Crippen molar-refractivity contribution in [3.05, 3.63) is 72.4 Å². The Morgan fingerprint density at radius 1 is 1.04 bits per heavy atom. The Morgan fingerprint density at radius 2 is 1.80 bits per heavy atom. The largest absolute Gasteiger partial charge is 0.397 e. The standard InChI is InChI=1S/C20H20N4O/c1-24(2)16-9-6-14(7-10-16)20(25)23-19-13-15(8-11-17(19)21)18-5-3-4-12-22-18/h3-13H,21H2,1-2H3,(H,23,25). The second-order valence-corrected chi connectivity index (χ2v) is 5.91. The van der Waals surface area contributed by atoms with Gasteiger partial charge in [-0.2, -0.15) is 0 Å². The number of rotatable bonds is 4. The third-order valence-corrected chi connectivity index (χ3v) is 3.91. The first kappa shape index (κ1) is 16.5. The molecule has 0 atom stereocenters. The van der Waals surface area contributed by atoms with Crippen molar-refractivity contribution >= 4 is 23.0 Å². The van der Waals surface area contributed by atoms with Crippen LogP contribution < -0.4 is 16.0 Å². The van der Waals surface area contributed by atoms with E-state index in [0.29, 0.717) is 16.9 Å². The molecule has 3 N–H and O–H groups in total. The first-order valence-corrected chi connectivity index (χ1v) is 7.94. The van der Waals surface area contributed by atoms with E-state index in [1.54, 1.807) is 24.4 Å². The number of carbonyl (C=O) groups is 1. The number of carbonyl (C=O) groups excluding carboxylic acids is 1. The van der Waals surface area contributed by atoms with Crippen LogP contribution in [0.4, 0.5) is 17.1 Å². The fourth-order valence-electron chi connectivity index (χ4n) is 2.46. The highest BCUT2D eigenvalue weighted by molar-refractivity contribution is 6.06. The number of nitrogens with zero attached hydrogens (tertiary/aromatic N) is 2. The Morgan fingerprint density at radius 3 is 2.44 bits per heavy atom. The van der Waals surface area contributed by atoms with E-state index in [-0.39, 0.29) is 5.91 Å². The lowest BCUT2D eigenvalue weighted by atomic mass is 10.1. The summed E-state index contributed by atoms with van der Waals surface area (Å²) in [4.78, 5) is 18.8. The number of aromatic nitrogens is 1. The SMILES string of the molecule is CN(C)c1ccc(C(=O)Nc2cc(-c3ccccn3)ccc2N)cc1. The molecule has 25 heavy (non-hydrogen) atoms. The van der Waals surface area contributed by atoms with Gasteiger partial charge in [-0.05, 0) is 48.5 Å². The molecule has 0 aliphatic heterocycles. The van der Waals surface area contributed by atoms with Crippen LogP contribution in [-0.4, -0.2) is 25.0 Å². The lowest BCUT2D eigenvalue weighted by Gasteiger charge is -2.13. The zero-order valence-corrected chi connectivity index (χ0v) is 14.2. The molecule has 3 aromatic rings. The van der Waals surface area contributed by atoms with Crippen molar-refractivity contribution in [2.45, 2.75) is 0 Å². The van der Waals surface area contributed by atoms with Crippen molar-refractivity contribution in [3.8, 4) is 11.3 Å². The van der Waals surface area contributed by atoms with Crippen molar-refractivity contribution < 1.29 is 4.79 Å². The molecule has 0 unspecified atom stereocenters. The maximum absolute atomic E-state index is 12.5. The number of hydrogen-bond acceptors (Lipinski definition) is 4. The summed E-state index contributed by atoms with van der Waals surface area (Å²) in [6.07, 6.45) is 1.73. The quantitative estimate of drug-likeness (QED) is 0.716. The molecule has 0 radical (unpaired) electrons. The molecule has 5 nitrogen and oxygen atoms in total. The zero-order valence-electron chi connectivity index (χ0n) is 14.2. The van der Waals surface area contributed by atoms with Crippen LogP contribution in [0.25, 0.3) is 11.3 Å². The molecule has 0 spiro atoms. The number of nitrogen functional groups attached to an aromatic ring is 1. The maximum atomic E-state index is 12.5. The molecule has 0 bridgehead atoms. The fraction of sp³-hybridized carbons (Fsp3) is 0.100. The first-order chi connectivity index (χ1) is 12.0. The van der Waals surface area contributed by atoms with E-state index >= 15 is 0 Å². The summed E-state index contributed by atoms with van der Waals surface area (Å²) in [6, 6.07) is 18.6. The van der Waals surface area contributed by atoms with E-state index in [9.17, 15) is 4.79 Å². The minimum absolute atomic E-state index is 0.199. The third-order valence-electron chi connectivity index (χ3n) is 3.91. The van der Waals surface area contributed by atoms with Crippen LogP contribution in [0.5, 0.6) is 0 Å². The van der Waals surface area contributed by atoms with Crippen LogP contribution in [0.2, 0.25) is 0 Å². The van der Waals surface area contributed by atoms with Crippen molar-refractivity contribution in [3.63, 3.8) is 0 Å². The third kappa shape index (κ3) is 3.77. The Balaban J connectivity index is 1.83. The molecule has 0 saturated heterocycles. The molecule has 0 aliphatic carbocycles. The fourth-order valence-corrected chi connectivity index (χ4v) is 2.46. The molecular formula is C20H20N4O. The predicted octanol–water partition coefficient (Wildman–Crippen LogP) is 3.65. The highest BCUT2D eigenvalue weighted by Gasteiger charge is 2.10. The summed E-state index contributed by atoms with van der Waals surface area (Å²) in [5.74, 6) is -0.199. The number of benzene rings is 2. The van der Waals surface area contributed by atoms with E-state index in [2.05, 4.69) is 10.3 Å². The summed E-state index contributed by atoms with van der Waals surface area (Å²) < 4.78 is 0. The molecule has 0 aliphatic rings. The summed E-state index contributed by atoms with van der Waals surface area (Å²) in [6.45, 7) is 0. The van der Waals surface area contributed by atoms with E-state index in [1.807, 2.05) is 61.5 Å². The second kappa shape index (κ2) is 7.05. The van der Waals surface area contributed by atoms with E-state index < -0.39 is 0 Å². The lowest BCUT2D eigenvalue weighted by Crippen LogP contribution is -2.14. The number of nitrogens with two attached hydrogens (primary N) is 1. The normalized spacial score (nSPS) is 10.3. The van der Waals surface area contributed by atoms with Gasteiger partial charge in [0.05, 0.1) is 17.1 Å². The van der Waals surface area contributed by atoms with Crippen LogP contribution in [0.1, 0.15) is 10.4 Å². The van der Waals surface area contributed by atoms with Gasteiger partial charge in [0.25, 0.3) is 5.91 Å². The lowest BCUT2D eigenvalue weighted by molar-refractivity contribution is 0.102. The first-order valence-electron chi connectivity index (χ1n) is 7.94. The van der Waals surface area contributed by atoms with E-state index in [4.69, 9.17) is 5.73 Å². The van der Waals surface area contributed by atoms with Crippen LogP contribution in [-0.2, 0) is 0 Å². The number of amides is 1. The molecule has 1 aromatic heterocycles. The molecule has 5 heteroatoms. The molecular weight excluding hydrogens is 312 g/mol. The van der Waals surface area contributed by atoms with Gasteiger partial charge in [0.1, 0.15) is 0 Å². The van der Waals surface area contributed by atoms with Crippen LogP contribution in [0.15, 0.2) is 66.9 Å². The number of nitrogens with one attached hydrogen (secondary N) is 1. The average molecular weight is 332 g/mol. The summed E-state index contributed by atoms with van der Waals surface area (Å²) in [5.41, 5.74) is 10.4.